The van der Waals surface area contributed by atoms with Crippen LogP contribution in [0.25, 0.3) is 0 Å². The summed E-state index contributed by atoms with van der Waals surface area (Å²) in [6, 6.07) is 1.22. The van der Waals surface area contributed by atoms with Gasteiger partial charge in [-0.2, -0.15) is 0 Å². The molecule has 0 amide bonds. The van der Waals surface area contributed by atoms with E-state index in [0.717, 1.165) is 38.8 Å². The minimum Gasteiger partial charge on any atom is -0.381 e. The molecule has 3 aliphatic heterocycles. The van der Waals surface area contributed by atoms with Crippen LogP contribution in [0.5, 0.6) is 0 Å². The van der Waals surface area contributed by atoms with Crippen LogP contribution in [0.1, 0.15) is 39.0 Å². The zero-order valence-corrected chi connectivity index (χ0v) is 12.9. The van der Waals surface area contributed by atoms with E-state index >= 15 is 0 Å². The van der Waals surface area contributed by atoms with E-state index in [1.54, 1.807) is 0 Å². The quantitative estimate of drug-likeness (QED) is 0.831. The molecular weight excluding hydrogens is 252 g/mol. The Hall–Kier alpha value is -0.160. The Kier molecular flexibility index (Phi) is 5.32. The summed E-state index contributed by atoms with van der Waals surface area (Å²) in [5.41, 5.74) is 0. The predicted octanol–water partition coefficient (Wildman–Crippen LogP) is 1.64. The molecule has 3 heterocycles. The van der Waals surface area contributed by atoms with Crippen LogP contribution in [0.15, 0.2) is 0 Å². The second-order valence-corrected chi connectivity index (χ2v) is 6.62. The Bertz CT molecular complexity index is 294. The molecule has 20 heavy (non-hydrogen) atoms. The van der Waals surface area contributed by atoms with Gasteiger partial charge in [0, 0.05) is 31.8 Å². The highest BCUT2D eigenvalue weighted by atomic mass is 16.5. The fourth-order valence-electron chi connectivity index (χ4n) is 4.06. The fourth-order valence-corrected chi connectivity index (χ4v) is 4.06. The van der Waals surface area contributed by atoms with E-state index in [4.69, 9.17) is 9.47 Å². The number of morpholine rings is 1. The SMILES string of the molecule is CCNC(CC1CCOCC1)C1CN2CCCC2CO1. The van der Waals surface area contributed by atoms with Gasteiger partial charge >= 0.3 is 0 Å². The maximum atomic E-state index is 6.21. The second-order valence-electron chi connectivity index (χ2n) is 6.62. The van der Waals surface area contributed by atoms with Gasteiger partial charge in [-0.25, -0.2) is 0 Å². The molecule has 3 aliphatic rings. The largest absolute Gasteiger partial charge is 0.381 e. The number of hydrogen-bond acceptors (Lipinski definition) is 4. The molecule has 1 N–H and O–H groups in total. The maximum absolute atomic E-state index is 6.21. The summed E-state index contributed by atoms with van der Waals surface area (Å²) in [4.78, 5) is 2.66. The van der Waals surface area contributed by atoms with Gasteiger partial charge in [-0.05, 0) is 51.1 Å². The predicted molar refractivity (Wildman–Crippen MR) is 80.0 cm³/mol. The number of ether oxygens (including phenoxy) is 2. The maximum Gasteiger partial charge on any atom is 0.0855 e. The molecule has 3 rings (SSSR count). The van der Waals surface area contributed by atoms with Crippen molar-refractivity contribution in [1.82, 2.24) is 10.2 Å². The van der Waals surface area contributed by atoms with Crippen molar-refractivity contribution >= 4 is 0 Å². The number of nitrogens with one attached hydrogen (secondary N) is 1. The fraction of sp³-hybridized carbons (Fsp3) is 1.00. The molecule has 0 aliphatic carbocycles. The molecule has 0 aromatic heterocycles. The minimum absolute atomic E-state index is 0.382. The molecule has 116 valence electrons. The lowest BCUT2D eigenvalue weighted by atomic mass is 9.89. The standard InChI is InChI=1S/C16H30N2O2/c1-2-17-15(10-13-5-8-19-9-6-13)16-11-18-7-3-4-14(18)12-20-16/h13-17H,2-12H2,1H3. The summed E-state index contributed by atoms with van der Waals surface area (Å²) in [5, 5.41) is 3.69. The summed E-state index contributed by atoms with van der Waals surface area (Å²) in [6.45, 7) is 8.49. The smallest absolute Gasteiger partial charge is 0.0855 e. The molecule has 0 spiro atoms. The molecule has 3 atom stereocenters. The van der Waals surface area contributed by atoms with Crippen LogP contribution in [0.3, 0.4) is 0 Å². The Labute approximate surface area is 123 Å². The van der Waals surface area contributed by atoms with Gasteiger partial charge in [0.05, 0.1) is 12.7 Å². The Morgan fingerprint density at radius 1 is 1.25 bits per heavy atom. The molecule has 3 saturated heterocycles. The molecule has 0 saturated carbocycles. The van der Waals surface area contributed by atoms with E-state index in [1.807, 2.05) is 0 Å². The van der Waals surface area contributed by atoms with Gasteiger partial charge in [-0.3, -0.25) is 4.90 Å². The number of likely N-dealkylation sites (N-methyl/N-ethyl adjacent to an activating group) is 1. The van der Waals surface area contributed by atoms with Crippen molar-refractivity contribution in [3.63, 3.8) is 0 Å². The van der Waals surface area contributed by atoms with E-state index in [1.165, 1.54) is 38.6 Å². The third-order valence-corrected chi connectivity index (χ3v) is 5.26. The molecular formula is C16H30N2O2. The Balaban J connectivity index is 1.55. The topological polar surface area (TPSA) is 33.7 Å². The molecule has 0 aromatic rings. The van der Waals surface area contributed by atoms with Gasteiger partial charge in [-0.1, -0.05) is 6.92 Å². The normalized spacial score (nSPS) is 34.0. The zero-order valence-electron chi connectivity index (χ0n) is 12.9. The van der Waals surface area contributed by atoms with Crippen LogP contribution in [0.4, 0.5) is 0 Å². The molecule has 0 bridgehead atoms. The van der Waals surface area contributed by atoms with Crippen molar-refractivity contribution in [2.45, 2.75) is 57.2 Å². The first kappa shape index (κ1) is 14.8. The first-order valence-electron chi connectivity index (χ1n) is 8.53. The molecule has 0 radical (unpaired) electrons. The van der Waals surface area contributed by atoms with Crippen LogP contribution < -0.4 is 5.32 Å². The highest BCUT2D eigenvalue weighted by Crippen LogP contribution is 2.27. The number of nitrogens with zero attached hydrogens (tertiary/aromatic N) is 1. The first-order valence-corrected chi connectivity index (χ1v) is 8.53. The van der Waals surface area contributed by atoms with Gasteiger partial charge in [0.1, 0.15) is 0 Å². The van der Waals surface area contributed by atoms with Crippen LogP contribution in [-0.2, 0) is 9.47 Å². The van der Waals surface area contributed by atoms with Gasteiger partial charge in [0.2, 0.25) is 0 Å². The van der Waals surface area contributed by atoms with Crippen molar-refractivity contribution < 1.29 is 9.47 Å². The summed E-state index contributed by atoms with van der Waals surface area (Å²) in [7, 11) is 0. The average molecular weight is 282 g/mol. The van der Waals surface area contributed by atoms with Crippen molar-refractivity contribution in [1.29, 1.82) is 0 Å². The highest BCUT2D eigenvalue weighted by Gasteiger charge is 2.36. The molecule has 3 unspecified atom stereocenters. The van der Waals surface area contributed by atoms with Gasteiger partial charge < -0.3 is 14.8 Å². The molecule has 0 aromatic carbocycles. The van der Waals surface area contributed by atoms with E-state index in [9.17, 15) is 0 Å². The van der Waals surface area contributed by atoms with E-state index in [-0.39, 0.29) is 0 Å². The lowest BCUT2D eigenvalue weighted by Gasteiger charge is -2.40. The molecule has 4 nitrogen and oxygen atoms in total. The van der Waals surface area contributed by atoms with E-state index in [0.29, 0.717) is 18.2 Å². The monoisotopic (exact) mass is 282 g/mol. The third kappa shape index (κ3) is 3.53. The van der Waals surface area contributed by atoms with E-state index < -0.39 is 0 Å². The van der Waals surface area contributed by atoms with E-state index in [2.05, 4.69) is 17.1 Å². The number of fused-ring (bicyclic) bond motifs is 1. The van der Waals surface area contributed by atoms with Crippen molar-refractivity contribution in [2.75, 3.05) is 39.5 Å². The van der Waals surface area contributed by atoms with Gasteiger partial charge in [0.15, 0.2) is 0 Å². The van der Waals surface area contributed by atoms with Crippen molar-refractivity contribution in [2.24, 2.45) is 5.92 Å². The Morgan fingerprint density at radius 2 is 2.10 bits per heavy atom. The molecule has 4 heteroatoms. The lowest BCUT2D eigenvalue weighted by Crippen LogP contribution is -2.54. The van der Waals surface area contributed by atoms with Gasteiger partial charge in [0.25, 0.3) is 0 Å². The molecule has 3 fully saturated rings. The van der Waals surface area contributed by atoms with Crippen molar-refractivity contribution in [3.8, 4) is 0 Å². The second kappa shape index (κ2) is 7.21. The minimum atomic E-state index is 0.382. The average Bonchev–Trinajstić information content (AvgIpc) is 2.95. The third-order valence-electron chi connectivity index (χ3n) is 5.26. The highest BCUT2D eigenvalue weighted by molar-refractivity contribution is 4.91. The van der Waals surface area contributed by atoms with Crippen LogP contribution in [0, 0.1) is 5.92 Å². The summed E-state index contributed by atoms with van der Waals surface area (Å²) < 4.78 is 11.7. The summed E-state index contributed by atoms with van der Waals surface area (Å²) in [6.07, 6.45) is 6.76. The first-order chi connectivity index (χ1) is 9.86. The number of rotatable bonds is 5. The van der Waals surface area contributed by atoms with Crippen LogP contribution in [0.2, 0.25) is 0 Å². The van der Waals surface area contributed by atoms with Crippen LogP contribution >= 0.6 is 0 Å². The van der Waals surface area contributed by atoms with Crippen molar-refractivity contribution in [3.05, 3.63) is 0 Å². The zero-order chi connectivity index (χ0) is 13.8. The summed E-state index contributed by atoms with van der Waals surface area (Å²) >= 11 is 0. The van der Waals surface area contributed by atoms with Crippen LogP contribution in [-0.4, -0.2) is 62.5 Å². The lowest BCUT2D eigenvalue weighted by molar-refractivity contribution is -0.0696. The number of hydrogen-bond donors (Lipinski definition) is 1. The summed E-state index contributed by atoms with van der Waals surface area (Å²) in [5.74, 6) is 0.813. The Morgan fingerprint density at radius 3 is 2.90 bits per heavy atom. The van der Waals surface area contributed by atoms with Gasteiger partial charge in [-0.15, -0.1) is 0 Å².